The topological polar surface area (TPSA) is 128 Å². The molecule has 0 bridgehead atoms. The molecular weight excluding hydrogens is 394 g/mol. The quantitative estimate of drug-likeness (QED) is 0.400. The van der Waals surface area contributed by atoms with E-state index in [0.717, 1.165) is 16.6 Å². The molecule has 0 fully saturated rings. The smallest absolute Gasteiger partial charge is 0.154 e. The molecule has 160 valence electrons. The molecule has 1 atom stereocenters. The lowest BCUT2D eigenvalue weighted by Gasteiger charge is -2.09. The summed E-state index contributed by atoms with van der Waals surface area (Å²) in [7, 11) is 1.46. The highest BCUT2D eigenvalue weighted by Crippen LogP contribution is 2.21. The number of hydrogen-bond acceptors (Lipinski definition) is 9. The van der Waals surface area contributed by atoms with Gasteiger partial charge in [0.05, 0.1) is 23.8 Å². The summed E-state index contributed by atoms with van der Waals surface area (Å²) in [5.41, 5.74) is 9.70. The molecule has 0 radical (unpaired) electrons. The molecule has 0 amide bonds. The lowest BCUT2D eigenvalue weighted by molar-refractivity contribution is -0.115. The fraction of sp³-hybridized carbons (Fsp3) is 0.273. The first-order valence-corrected chi connectivity index (χ1v) is 9.80. The van der Waals surface area contributed by atoms with Gasteiger partial charge in [0.25, 0.3) is 0 Å². The van der Waals surface area contributed by atoms with Crippen molar-refractivity contribution in [1.29, 1.82) is 0 Å². The fourth-order valence-electron chi connectivity index (χ4n) is 2.77. The van der Waals surface area contributed by atoms with Gasteiger partial charge in [-0.2, -0.15) is 5.10 Å². The maximum absolute atomic E-state index is 10.8. The van der Waals surface area contributed by atoms with Crippen LogP contribution in [0, 0.1) is 0 Å². The minimum absolute atomic E-state index is 0.209. The number of pyridine rings is 2. The summed E-state index contributed by atoms with van der Waals surface area (Å²) >= 11 is 0. The van der Waals surface area contributed by atoms with E-state index in [2.05, 4.69) is 44.3 Å². The second kappa shape index (κ2) is 10.4. The summed E-state index contributed by atoms with van der Waals surface area (Å²) in [4.78, 5) is 24.2. The Kier molecular flexibility index (Phi) is 7.34. The second-order valence-electron chi connectivity index (χ2n) is 7.14. The molecule has 9 nitrogen and oxygen atoms in total. The third kappa shape index (κ3) is 5.67. The Bertz CT molecular complexity index is 1110. The van der Waals surface area contributed by atoms with Crippen molar-refractivity contribution in [2.45, 2.75) is 25.9 Å². The second-order valence-corrected chi connectivity index (χ2v) is 7.14. The van der Waals surface area contributed by atoms with Crippen LogP contribution in [0.1, 0.15) is 30.9 Å². The van der Waals surface area contributed by atoms with Gasteiger partial charge < -0.3 is 20.6 Å². The lowest BCUT2D eigenvalue weighted by atomic mass is 10.1. The monoisotopic (exact) mass is 419 g/mol. The first-order valence-electron chi connectivity index (χ1n) is 9.80. The Balaban J connectivity index is 1.83. The number of aliphatic imine (C=N–C) groups is 1. The molecule has 0 saturated heterocycles. The normalized spacial score (nSPS) is 13.1. The number of nitrogens with two attached hydrogens (primary N) is 1. The number of anilines is 2. The molecule has 1 unspecified atom stereocenters. The van der Waals surface area contributed by atoms with E-state index in [1.165, 1.54) is 13.3 Å². The summed E-state index contributed by atoms with van der Waals surface area (Å²) in [6.45, 7) is 4.41. The Morgan fingerprint density at radius 3 is 2.77 bits per heavy atom. The molecule has 0 aliphatic carbocycles. The van der Waals surface area contributed by atoms with Crippen LogP contribution in [0.15, 0.2) is 47.9 Å². The minimum Gasteiger partial charge on any atom is -0.404 e. The van der Waals surface area contributed by atoms with Crippen molar-refractivity contribution in [3.05, 3.63) is 54.0 Å². The van der Waals surface area contributed by atoms with Crippen LogP contribution in [0.4, 0.5) is 11.6 Å². The number of carbonyl (C=O) groups is 1. The number of fused-ring (bicyclic) bond motifs is 1. The Hall–Kier alpha value is -3.72. The van der Waals surface area contributed by atoms with Crippen LogP contribution < -0.4 is 11.1 Å². The SMILES string of the molecule is COC(C=O)CN=CC(=CN)c1cnc2ccc(Nc3cc(C(C)C)cnn3)nc2c1. The van der Waals surface area contributed by atoms with E-state index in [1.54, 1.807) is 18.6 Å². The third-order valence-corrected chi connectivity index (χ3v) is 4.62. The average molecular weight is 419 g/mol. The number of carbonyl (C=O) groups excluding carboxylic acids is 1. The van der Waals surface area contributed by atoms with Crippen LogP contribution in [0.2, 0.25) is 0 Å². The van der Waals surface area contributed by atoms with Crippen LogP contribution in [-0.4, -0.2) is 52.4 Å². The number of nitrogens with one attached hydrogen (secondary N) is 1. The molecular formula is C22H25N7O2. The van der Waals surface area contributed by atoms with Crippen LogP contribution in [-0.2, 0) is 9.53 Å². The molecule has 3 aromatic rings. The molecule has 0 aliphatic heterocycles. The number of hydrogen-bond donors (Lipinski definition) is 2. The van der Waals surface area contributed by atoms with Crippen molar-refractivity contribution < 1.29 is 9.53 Å². The predicted molar refractivity (Wildman–Crippen MR) is 121 cm³/mol. The van der Waals surface area contributed by atoms with Gasteiger partial charge in [-0.05, 0) is 35.7 Å². The highest BCUT2D eigenvalue weighted by atomic mass is 16.5. The maximum Gasteiger partial charge on any atom is 0.154 e. The summed E-state index contributed by atoms with van der Waals surface area (Å²) in [5.74, 6) is 1.60. The highest BCUT2D eigenvalue weighted by Gasteiger charge is 2.08. The van der Waals surface area contributed by atoms with Crippen molar-refractivity contribution >= 4 is 40.7 Å². The van der Waals surface area contributed by atoms with E-state index in [-0.39, 0.29) is 6.54 Å². The maximum atomic E-state index is 10.8. The predicted octanol–water partition coefficient (Wildman–Crippen LogP) is 2.87. The minimum atomic E-state index is -0.586. The van der Waals surface area contributed by atoms with Crippen molar-refractivity contribution in [3.8, 4) is 0 Å². The van der Waals surface area contributed by atoms with Crippen LogP contribution >= 0.6 is 0 Å². The van der Waals surface area contributed by atoms with E-state index in [1.807, 2.05) is 24.3 Å². The Morgan fingerprint density at radius 1 is 1.23 bits per heavy atom. The van der Waals surface area contributed by atoms with Gasteiger partial charge in [0.2, 0.25) is 0 Å². The van der Waals surface area contributed by atoms with Gasteiger partial charge in [-0.25, -0.2) is 4.98 Å². The zero-order chi connectivity index (χ0) is 22.2. The largest absolute Gasteiger partial charge is 0.404 e. The van der Waals surface area contributed by atoms with Crippen molar-refractivity contribution in [1.82, 2.24) is 20.2 Å². The summed E-state index contributed by atoms with van der Waals surface area (Å²) < 4.78 is 4.99. The molecule has 9 heteroatoms. The van der Waals surface area contributed by atoms with E-state index < -0.39 is 6.10 Å². The van der Waals surface area contributed by atoms with E-state index >= 15 is 0 Å². The molecule has 0 spiro atoms. The van der Waals surface area contributed by atoms with Crippen molar-refractivity contribution in [2.75, 3.05) is 19.0 Å². The molecule has 3 rings (SSSR count). The molecule has 0 saturated carbocycles. The highest BCUT2D eigenvalue weighted by molar-refractivity contribution is 6.10. The van der Waals surface area contributed by atoms with Crippen LogP contribution in [0.3, 0.4) is 0 Å². The van der Waals surface area contributed by atoms with Crippen molar-refractivity contribution in [3.63, 3.8) is 0 Å². The molecule has 3 aromatic heterocycles. The van der Waals surface area contributed by atoms with E-state index in [0.29, 0.717) is 34.9 Å². The molecule has 0 aliphatic rings. The summed E-state index contributed by atoms with van der Waals surface area (Å²) in [5, 5.41) is 11.4. The first kappa shape index (κ1) is 22.0. The number of methoxy groups -OCH3 is 1. The number of aromatic nitrogens is 4. The van der Waals surface area contributed by atoms with Gasteiger partial charge in [-0.3, -0.25) is 9.98 Å². The van der Waals surface area contributed by atoms with Crippen molar-refractivity contribution in [2.24, 2.45) is 10.7 Å². The first-order chi connectivity index (χ1) is 15.0. The third-order valence-electron chi connectivity index (χ3n) is 4.62. The molecule has 3 heterocycles. The van der Waals surface area contributed by atoms with Crippen LogP contribution in [0.5, 0.6) is 0 Å². The van der Waals surface area contributed by atoms with Gasteiger partial charge in [0.1, 0.15) is 11.9 Å². The number of nitrogens with zero attached hydrogens (tertiary/aromatic N) is 5. The molecule has 0 aromatic carbocycles. The van der Waals surface area contributed by atoms with Gasteiger partial charge in [-0.15, -0.1) is 5.10 Å². The zero-order valence-corrected chi connectivity index (χ0v) is 17.7. The summed E-state index contributed by atoms with van der Waals surface area (Å²) in [6, 6.07) is 7.55. The zero-order valence-electron chi connectivity index (χ0n) is 17.7. The fourth-order valence-corrected chi connectivity index (χ4v) is 2.77. The lowest BCUT2D eigenvalue weighted by Crippen LogP contribution is -2.15. The van der Waals surface area contributed by atoms with E-state index in [9.17, 15) is 4.79 Å². The number of rotatable bonds is 9. The van der Waals surface area contributed by atoms with Gasteiger partial charge in [0, 0.05) is 36.9 Å². The van der Waals surface area contributed by atoms with Crippen LogP contribution in [0.25, 0.3) is 16.6 Å². The van der Waals surface area contributed by atoms with Gasteiger partial charge >= 0.3 is 0 Å². The van der Waals surface area contributed by atoms with E-state index in [4.69, 9.17) is 10.5 Å². The summed E-state index contributed by atoms with van der Waals surface area (Å²) in [6.07, 6.45) is 6.61. The number of aldehydes is 1. The average Bonchev–Trinajstić information content (AvgIpc) is 2.79. The van der Waals surface area contributed by atoms with Gasteiger partial charge in [0.15, 0.2) is 12.1 Å². The number of ether oxygens (including phenoxy) is 1. The van der Waals surface area contributed by atoms with Gasteiger partial charge in [-0.1, -0.05) is 13.8 Å². The Morgan fingerprint density at radius 2 is 2.06 bits per heavy atom. The number of allylic oxidation sites excluding steroid dienone is 1. The standard InChI is InChI=1S/C22H25N7O2/c1-14(2)15-7-22(29-26-11-15)28-21-5-4-19-20(27-21)6-16(10-25-19)17(8-23)9-24-12-18(13-30)31-3/h4-11,13-14,18H,12,23H2,1-3H3,(H,27,28,29). The molecule has 3 N–H and O–H groups in total. The molecule has 31 heavy (non-hydrogen) atoms. The Labute approximate surface area is 180 Å².